The van der Waals surface area contributed by atoms with Gasteiger partial charge in [-0.15, -0.1) is 0 Å². The molecule has 4 rings (SSSR count). The van der Waals surface area contributed by atoms with E-state index in [9.17, 15) is 9.90 Å². The topological polar surface area (TPSA) is 94.8 Å². The number of carbonyl (C=O) groups excluding carboxylic acids is 1. The van der Waals surface area contributed by atoms with Gasteiger partial charge >= 0.3 is 0 Å². The Hall–Kier alpha value is -3.68. The van der Waals surface area contributed by atoms with Gasteiger partial charge in [-0.2, -0.15) is 0 Å². The Balaban J connectivity index is 1.80. The van der Waals surface area contributed by atoms with E-state index in [0.717, 1.165) is 11.3 Å². The minimum absolute atomic E-state index is 0.0220. The number of amides is 1. The van der Waals surface area contributed by atoms with E-state index in [1.807, 2.05) is 18.2 Å². The summed E-state index contributed by atoms with van der Waals surface area (Å²) < 4.78 is 17.6. The molecule has 0 aliphatic carbocycles. The highest BCUT2D eigenvalue weighted by molar-refractivity contribution is 5.94. The number of phenols is 1. The number of nitrogens with zero attached hydrogens (tertiary/aromatic N) is 2. The van der Waals surface area contributed by atoms with Crippen LogP contribution >= 0.6 is 0 Å². The highest BCUT2D eigenvalue weighted by Gasteiger charge is 2.32. The second-order valence-electron chi connectivity index (χ2n) is 6.62. The van der Waals surface area contributed by atoms with Crippen molar-refractivity contribution in [2.75, 3.05) is 26.6 Å². The van der Waals surface area contributed by atoms with Crippen LogP contribution in [0.15, 0.2) is 42.7 Å². The summed E-state index contributed by atoms with van der Waals surface area (Å²) in [7, 11) is 4.65. The van der Waals surface area contributed by atoms with Gasteiger partial charge in [-0.3, -0.25) is 9.36 Å². The molecule has 2 N–H and O–H groups in total. The second-order valence-corrected chi connectivity index (χ2v) is 6.62. The third-order valence-corrected chi connectivity index (χ3v) is 5.02. The first-order valence-corrected chi connectivity index (χ1v) is 9.02. The molecule has 8 heteroatoms. The summed E-state index contributed by atoms with van der Waals surface area (Å²) in [6.07, 6.45) is 1.88. The van der Waals surface area contributed by atoms with Gasteiger partial charge in [0.2, 0.25) is 5.91 Å². The Morgan fingerprint density at radius 2 is 1.86 bits per heavy atom. The molecule has 1 amide bonds. The first-order chi connectivity index (χ1) is 14.0. The zero-order valence-corrected chi connectivity index (χ0v) is 16.3. The Kier molecular flexibility index (Phi) is 4.75. The maximum Gasteiger partial charge on any atom is 0.226 e. The minimum atomic E-state index is -0.291. The van der Waals surface area contributed by atoms with Gasteiger partial charge in [-0.1, -0.05) is 6.07 Å². The molecule has 2 heterocycles. The van der Waals surface area contributed by atoms with Gasteiger partial charge in [0, 0.05) is 18.4 Å². The molecule has 1 aliphatic heterocycles. The molecule has 0 fully saturated rings. The van der Waals surface area contributed by atoms with E-state index in [1.165, 1.54) is 7.11 Å². The maximum atomic E-state index is 12.5. The molecule has 0 saturated carbocycles. The first-order valence-electron chi connectivity index (χ1n) is 9.02. The molecular formula is C21H21N3O5. The molecular weight excluding hydrogens is 374 g/mol. The van der Waals surface area contributed by atoms with Gasteiger partial charge in [0.25, 0.3) is 0 Å². The van der Waals surface area contributed by atoms with E-state index < -0.39 is 0 Å². The van der Waals surface area contributed by atoms with Crippen molar-refractivity contribution >= 4 is 11.7 Å². The fourth-order valence-corrected chi connectivity index (χ4v) is 3.57. The van der Waals surface area contributed by atoms with Gasteiger partial charge in [-0.25, -0.2) is 4.98 Å². The Bertz CT molecular complexity index is 1080. The molecule has 29 heavy (non-hydrogen) atoms. The lowest BCUT2D eigenvalue weighted by Crippen LogP contribution is -2.25. The maximum absolute atomic E-state index is 12.5. The predicted molar refractivity (Wildman–Crippen MR) is 106 cm³/mol. The van der Waals surface area contributed by atoms with Crippen LogP contribution in [0.5, 0.6) is 23.0 Å². The first kappa shape index (κ1) is 18.7. The number of anilines is 1. The molecule has 0 spiro atoms. The van der Waals surface area contributed by atoms with Gasteiger partial charge in [-0.05, 0) is 29.8 Å². The SMILES string of the molecule is COc1ccc(-n2cnc3c2NC(=O)C[C@H]3c2ccc(OC)c(O)c2)c(OC)c1. The van der Waals surface area contributed by atoms with Crippen molar-refractivity contribution in [2.45, 2.75) is 12.3 Å². The largest absolute Gasteiger partial charge is 0.504 e. The van der Waals surface area contributed by atoms with Crippen LogP contribution in [0, 0.1) is 0 Å². The van der Waals surface area contributed by atoms with Crippen LogP contribution in [0.4, 0.5) is 5.82 Å². The summed E-state index contributed by atoms with van der Waals surface area (Å²) in [5.74, 6) is 1.80. The third kappa shape index (κ3) is 3.22. The molecule has 0 saturated heterocycles. The number of aromatic hydroxyl groups is 1. The van der Waals surface area contributed by atoms with Gasteiger partial charge in [0.15, 0.2) is 11.5 Å². The summed E-state index contributed by atoms with van der Waals surface area (Å²) in [5, 5.41) is 13.1. The molecule has 0 bridgehead atoms. The summed E-state index contributed by atoms with van der Waals surface area (Å²) in [4.78, 5) is 17.0. The summed E-state index contributed by atoms with van der Waals surface area (Å²) in [6, 6.07) is 10.5. The van der Waals surface area contributed by atoms with Gasteiger partial charge < -0.3 is 24.6 Å². The van der Waals surface area contributed by atoms with E-state index in [0.29, 0.717) is 28.8 Å². The number of nitrogens with one attached hydrogen (secondary N) is 1. The van der Waals surface area contributed by atoms with Gasteiger partial charge in [0.05, 0.1) is 32.7 Å². The fraction of sp³-hybridized carbons (Fsp3) is 0.238. The van der Waals surface area contributed by atoms with Gasteiger partial charge in [0.1, 0.15) is 23.6 Å². The van der Waals surface area contributed by atoms with Crippen LogP contribution in [0.1, 0.15) is 23.6 Å². The van der Waals surface area contributed by atoms with E-state index >= 15 is 0 Å². The van der Waals surface area contributed by atoms with E-state index in [2.05, 4.69) is 10.3 Å². The fourth-order valence-electron chi connectivity index (χ4n) is 3.57. The number of ether oxygens (including phenoxy) is 3. The number of hydrogen-bond donors (Lipinski definition) is 2. The number of rotatable bonds is 5. The van der Waals surface area contributed by atoms with Crippen molar-refractivity contribution < 1.29 is 24.1 Å². The van der Waals surface area contributed by atoms with Crippen molar-refractivity contribution in [1.29, 1.82) is 0 Å². The monoisotopic (exact) mass is 395 g/mol. The van der Waals surface area contributed by atoms with Crippen LogP contribution in [-0.2, 0) is 4.79 Å². The van der Waals surface area contributed by atoms with Crippen molar-refractivity contribution in [1.82, 2.24) is 9.55 Å². The lowest BCUT2D eigenvalue weighted by Gasteiger charge is -2.24. The Labute approximate surface area is 167 Å². The number of aromatic nitrogens is 2. The number of carbonyl (C=O) groups is 1. The summed E-state index contributed by atoms with van der Waals surface area (Å²) in [6.45, 7) is 0. The van der Waals surface area contributed by atoms with Crippen molar-refractivity contribution in [3.05, 3.63) is 54.0 Å². The predicted octanol–water partition coefficient (Wildman–Crippen LogP) is 3.08. The lowest BCUT2D eigenvalue weighted by molar-refractivity contribution is -0.116. The molecule has 8 nitrogen and oxygen atoms in total. The smallest absolute Gasteiger partial charge is 0.226 e. The van der Waals surface area contributed by atoms with E-state index in [1.54, 1.807) is 43.3 Å². The van der Waals surface area contributed by atoms with Crippen LogP contribution in [0.2, 0.25) is 0 Å². The molecule has 0 unspecified atom stereocenters. The second kappa shape index (κ2) is 7.38. The minimum Gasteiger partial charge on any atom is -0.504 e. The lowest BCUT2D eigenvalue weighted by atomic mass is 9.89. The third-order valence-electron chi connectivity index (χ3n) is 5.02. The van der Waals surface area contributed by atoms with Crippen LogP contribution in [-0.4, -0.2) is 41.9 Å². The zero-order chi connectivity index (χ0) is 20.5. The quantitative estimate of drug-likeness (QED) is 0.689. The number of hydrogen-bond acceptors (Lipinski definition) is 6. The Morgan fingerprint density at radius 3 is 2.55 bits per heavy atom. The highest BCUT2D eigenvalue weighted by atomic mass is 16.5. The van der Waals surface area contributed by atoms with Crippen molar-refractivity contribution in [3.8, 4) is 28.7 Å². The average molecular weight is 395 g/mol. The van der Waals surface area contributed by atoms with E-state index in [4.69, 9.17) is 14.2 Å². The molecule has 150 valence electrons. The van der Waals surface area contributed by atoms with E-state index in [-0.39, 0.29) is 24.0 Å². The number of phenolic OH excluding ortho intramolecular Hbond substituents is 1. The number of imidazole rings is 1. The standard InChI is InChI=1S/C21H21N3O5/c1-27-13-5-6-15(18(9-13)29-3)24-11-22-20-14(10-19(26)23-21(20)24)12-4-7-17(28-2)16(25)8-12/h4-9,11,14,25H,10H2,1-3H3,(H,23,26)/t14-/m0/s1. The molecule has 1 aromatic heterocycles. The Morgan fingerprint density at radius 1 is 1.07 bits per heavy atom. The van der Waals surface area contributed by atoms with Crippen molar-refractivity contribution in [3.63, 3.8) is 0 Å². The number of fused-ring (bicyclic) bond motifs is 1. The summed E-state index contributed by atoms with van der Waals surface area (Å²) >= 11 is 0. The molecule has 1 aliphatic rings. The number of methoxy groups -OCH3 is 3. The number of benzene rings is 2. The molecule has 2 aromatic carbocycles. The normalized spacial score (nSPS) is 15.4. The van der Waals surface area contributed by atoms with Crippen LogP contribution in [0.25, 0.3) is 5.69 Å². The molecule has 3 aromatic rings. The van der Waals surface area contributed by atoms with Crippen molar-refractivity contribution in [2.24, 2.45) is 0 Å². The molecule has 0 radical (unpaired) electrons. The average Bonchev–Trinajstić information content (AvgIpc) is 3.16. The zero-order valence-electron chi connectivity index (χ0n) is 16.3. The van der Waals surface area contributed by atoms with Crippen LogP contribution < -0.4 is 19.5 Å². The molecule has 1 atom stereocenters. The summed E-state index contributed by atoms with van der Waals surface area (Å²) in [5.41, 5.74) is 2.22. The highest BCUT2D eigenvalue weighted by Crippen LogP contribution is 2.41. The van der Waals surface area contributed by atoms with Crippen LogP contribution in [0.3, 0.4) is 0 Å².